The fourth-order valence-electron chi connectivity index (χ4n) is 4.15. The van der Waals surface area contributed by atoms with E-state index in [1.807, 2.05) is 16.8 Å². The van der Waals surface area contributed by atoms with Gasteiger partial charge >= 0.3 is 0 Å². The van der Waals surface area contributed by atoms with E-state index in [1.165, 1.54) is 16.8 Å². The summed E-state index contributed by atoms with van der Waals surface area (Å²) in [5, 5.41) is 13.6. The van der Waals surface area contributed by atoms with E-state index >= 15 is 0 Å². The number of aromatic nitrogens is 4. The van der Waals surface area contributed by atoms with Gasteiger partial charge in [0.05, 0.1) is 11.6 Å². The van der Waals surface area contributed by atoms with E-state index in [0.29, 0.717) is 0 Å². The second kappa shape index (κ2) is 8.36. The first-order valence-corrected chi connectivity index (χ1v) is 10.8. The molecule has 4 rings (SSSR count). The van der Waals surface area contributed by atoms with E-state index in [1.54, 1.807) is 0 Å². The molecule has 1 aliphatic heterocycles. The van der Waals surface area contributed by atoms with Crippen molar-refractivity contribution < 1.29 is 0 Å². The Balaban J connectivity index is 1.63. The number of piperazine rings is 1. The molecule has 0 N–H and O–H groups in total. The van der Waals surface area contributed by atoms with Crippen LogP contribution in [0.5, 0.6) is 0 Å². The Kier molecular flexibility index (Phi) is 5.80. The van der Waals surface area contributed by atoms with Crippen LogP contribution in [0.3, 0.4) is 0 Å². The summed E-state index contributed by atoms with van der Waals surface area (Å²) < 4.78 is 1.96. The Hall–Kier alpha value is -2.44. The normalized spacial score (nSPS) is 16.6. The summed E-state index contributed by atoms with van der Waals surface area (Å²) in [6, 6.07) is 16.7. The van der Waals surface area contributed by atoms with Crippen LogP contribution in [0.15, 0.2) is 48.5 Å². The molecule has 158 valence electrons. The zero-order valence-electron chi connectivity index (χ0n) is 18.1. The number of aryl methyl sites for hydroxylation is 1. The molecule has 1 atom stereocenters. The van der Waals surface area contributed by atoms with Crippen molar-refractivity contribution in [2.45, 2.75) is 39.3 Å². The van der Waals surface area contributed by atoms with Gasteiger partial charge in [0.25, 0.3) is 0 Å². The van der Waals surface area contributed by atoms with E-state index in [2.05, 4.69) is 89.4 Å². The number of hydrogen-bond acceptors (Lipinski definition) is 5. The van der Waals surface area contributed by atoms with Crippen molar-refractivity contribution in [3.8, 4) is 0 Å². The van der Waals surface area contributed by atoms with Gasteiger partial charge in [-0.3, -0.25) is 4.90 Å². The van der Waals surface area contributed by atoms with Gasteiger partial charge in [-0.05, 0) is 61.4 Å². The van der Waals surface area contributed by atoms with Gasteiger partial charge in [0.1, 0.15) is 0 Å². The summed E-state index contributed by atoms with van der Waals surface area (Å²) >= 11 is 6.26. The van der Waals surface area contributed by atoms with Gasteiger partial charge in [-0.1, -0.05) is 48.0 Å². The molecule has 1 unspecified atom stereocenters. The first kappa shape index (κ1) is 20.8. The third-order valence-electron chi connectivity index (χ3n) is 5.68. The molecule has 1 fully saturated rings. The third kappa shape index (κ3) is 4.20. The molecule has 2 heterocycles. The van der Waals surface area contributed by atoms with Crippen LogP contribution in [0.25, 0.3) is 0 Å². The zero-order chi connectivity index (χ0) is 21.3. The van der Waals surface area contributed by atoms with Crippen LogP contribution >= 0.6 is 11.6 Å². The molecule has 6 nitrogen and oxygen atoms in total. The van der Waals surface area contributed by atoms with Crippen molar-refractivity contribution in [1.29, 1.82) is 0 Å². The molecule has 0 amide bonds. The lowest BCUT2D eigenvalue weighted by atomic mass is 10.0. The van der Waals surface area contributed by atoms with Crippen molar-refractivity contribution in [3.63, 3.8) is 0 Å². The maximum atomic E-state index is 6.26. The first-order valence-electron chi connectivity index (χ1n) is 10.4. The van der Waals surface area contributed by atoms with Gasteiger partial charge in [0, 0.05) is 36.9 Å². The van der Waals surface area contributed by atoms with Crippen molar-refractivity contribution in [1.82, 2.24) is 25.1 Å². The number of halogens is 1. The Morgan fingerprint density at radius 3 is 2.33 bits per heavy atom. The highest BCUT2D eigenvalue weighted by molar-refractivity contribution is 6.30. The number of tetrazole rings is 1. The van der Waals surface area contributed by atoms with Gasteiger partial charge in [0.2, 0.25) is 0 Å². The van der Waals surface area contributed by atoms with Crippen molar-refractivity contribution in [2.75, 3.05) is 31.1 Å². The smallest absolute Gasteiger partial charge is 0.173 e. The molecule has 0 bridgehead atoms. The minimum absolute atomic E-state index is 0.0167. The molecule has 3 aromatic rings. The third-order valence-corrected chi connectivity index (χ3v) is 5.92. The highest BCUT2D eigenvalue weighted by Gasteiger charge is 2.33. The lowest BCUT2D eigenvalue weighted by Crippen LogP contribution is -2.49. The number of anilines is 1. The van der Waals surface area contributed by atoms with Crippen LogP contribution in [-0.4, -0.2) is 51.3 Å². The standard InChI is InChI=1S/C23H29ClN6/c1-17-10-11-19(24)16-20(17)28-12-14-29(15-13-28)21(18-8-6-5-7-9-18)22-25-26-27-30(22)23(2,3)4/h5-11,16,21H,12-15H2,1-4H3. The highest BCUT2D eigenvalue weighted by Crippen LogP contribution is 2.32. The average molecular weight is 425 g/mol. The fraction of sp³-hybridized carbons (Fsp3) is 0.435. The zero-order valence-corrected chi connectivity index (χ0v) is 18.8. The lowest BCUT2D eigenvalue weighted by Gasteiger charge is -2.40. The summed E-state index contributed by atoms with van der Waals surface area (Å²) in [6.07, 6.45) is 0. The monoisotopic (exact) mass is 424 g/mol. The van der Waals surface area contributed by atoms with Crippen LogP contribution in [-0.2, 0) is 5.54 Å². The minimum Gasteiger partial charge on any atom is -0.369 e. The van der Waals surface area contributed by atoms with Crippen LogP contribution in [0.1, 0.15) is 43.8 Å². The van der Waals surface area contributed by atoms with E-state index in [0.717, 1.165) is 37.0 Å². The first-order chi connectivity index (χ1) is 14.3. The van der Waals surface area contributed by atoms with E-state index in [-0.39, 0.29) is 11.6 Å². The summed E-state index contributed by atoms with van der Waals surface area (Å²) in [4.78, 5) is 4.91. The number of nitrogens with zero attached hydrogens (tertiary/aromatic N) is 6. The van der Waals surface area contributed by atoms with Crippen LogP contribution < -0.4 is 4.90 Å². The van der Waals surface area contributed by atoms with Crippen LogP contribution in [0.2, 0.25) is 5.02 Å². The molecule has 0 saturated carbocycles. The van der Waals surface area contributed by atoms with Gasteiger partial charge < -0.3 is 4.90 Å². The van der Waals surface area contributed by atoms with Crippen molar-refractivity contribution in [3.05, 3.63) is 70.5 Å². The Morgan fingerprint density at radius 2 is 1.67 bits per heavy atom. The Labute approximate surface area is 183 Å². The molecular formula is C23H29ClN6. The summed E-state index contributed by atoms with van der Waals surface area (Å²) in [7, 11) is 0. The number of benzene rings is 2. The van der Waals surface area contributed by atoms with Crippen molar-refractivity contribution in [2.24, 2.45) is 0 Å². The Bertz CT molecular complexity index is 986. The van der Waals surface area contributed by atoms with Gasteiger partial charge in [-0.25, -0.2) is 4.68 Å². The molecule has 1 saturated heterocycles. The summed E-state index contributed by atoms with van der Waals surface area (Å²) in [5.74, 6) is 0.890. The topological polar surface area (TPSA) is 50.1 Å². The highest BCUT2D eigenvalue weighted by atomic mass is 35.5. The molecule has 0 radical (unpaired) electrons. The molecule has 0 aliphatic carbocycles. The predicted octanol–water partition coefficient (Wildman–Crippen LogP) is 4.30. The fourth-order valence-corrected chi connectivity index (χ4v) is 4.31. The SMILES string of the molecule is Cc1ccc(Cl)cc1N1CCN(C(c2ccccc2)c2nnnn2C(C)(C)C)CC1. The number of hydrogen-bond donors (Lipinski definition) is 0. The largest absolute Gasteiger partial charge is 0.369 e. The van der Waals surface area contributed by atoms with E-state index in [9.17, 15) is 0 Å². The quantitative estimate of drug-likeness (QED) is 0.624. The molecule has 1 aliphatic rings. The maximum absolute atomic E-state index is 6.26. The van der Waals surface area contributed by atoms with E-state index in [4.69, 9.17) is 11.6 Å². The predicted molar refractivity (Wildman–Crippen MR) is 121 cm³/mol. The average Bonchev–Trinajstić information content (AvgIpc) is 3.21. The molecule has 0 spiro atoms. The second-order valence-electron chi connectivity index (χ2n) is 8.89. The number of rotatable bonds is 4. The van der Waals surface area contributed by atoms with Gasteiger partial charge in [-0.2, -0.15) is 0 Å². The molecule has 30 heavy (non-hydrogen) atoms. The molecular weight excluding hydrogens is 396 g/mol. The molecule has 2 aromatic carbocycles. The van der Waals surface area contributed by atoms with E-state index < -0.39 is 0 Å². The minimum atomic E-state index is -0.189. The molecule has 7 heteroatoms. The maximum Gasteiger partial charge on any atom is 0.173 e. The summed E-state index contributed by atoms with van der Waals surface area (Å²) in [5.41, 5.74) is 3.50. The second-order valence-corrected chi connectivity index (χ2v) is 9.32. The van der Waals surface area contributed by atoms with Gasteiger partial charge in [-0.15, -0.1) is 5.10 Å². The van der Waals surface area contributed by atoms with Crippen LogP contribution in [0.4, 0.5) is 5.69 Å². The van der Waals surface area contributed by atoms with Crippen molar-refractivity contribution >= 4 is 17.3 Å². The van der Waals surface area contributed by atoms with Gasteiger partial charge in [0.15, 0.2) is 5.82 Å². The Morgan fingerprint density at radius 1 is 0.967 bits per heavy atom. The molecule has 1 aromatic heterocycles. The summed E-state index contributed by atoms with van der Waals surface area (Å²) in [6.45, 7) is 12.2. The lowest BCUT2D eigenvalue weighted by molar-refractivity contribution is 0.191. The van der Waals surface area contributed by atoms with Crippen LogP contribution in [0, 0.1) is 6.92 Å².